The van der Waals surface area contributed by atoms with Gasteiger partial charge in [-0.3, -0.25) is 4.79 Å². The maximum absolute atomic E-state index is 11.7. The van der Waals surface area contributed by atoms with Gasteiger partial charge in [-0.1, -0.05) is 24.8 Å². The van der Waals surface area contributed by atoms with Crippen LogP contribution in [0.3, 0.4) is 0 Å². The summed E-state index contributed by atoms with van der Waals surface area (Å²) in [5.74, 6) is 0.237. The largest absolute Gasteiger partial charge is 0.488 e. The summed E-state index contributed by atoms with van der Waals surface area (Å²) < 4.78 is 10.6. The lowest BCUT2D eigenvalue weighted by molar-refractivity contribution is -0.147. The van der Waals surface area contributed by atoms with Gasteiger partial charge in [-0.05, 0) is 38.5 Å². The van der Waals surface area contributed by atoms with Crippen molar-refractivity contribution in [3.8, 4) is 5.75 Å². The number of hydrogen-bond acceptors (Lipinski definition) is 5. The lowest BCUT2D eigenvalue weighted by Gasteiger charge is -2.21. The predicted molar refractivity (Wildman–Crippen MR) is 80.4 cm³/mol. The molecule has 0 fully saturated rings. The van der Waals surface area contributed by atoms with Gasteiger partial charge in [-0.2, -0.15) is 5.48 Å². The molecule has 0 saturated carbocycles. The lowest BCUT2D eigenvalue weighted by Crippen LogP contribution is -2.37. The van der Waals surface area contributed by atoms with Gasteiger partial charge in [-0.25, -0.2) is 0 Å². The molecular weight excluding hydrogens is 270 g/mol. The average Bonchev–Trinajstić information content (AvgIpc) is 2.42. The van der Waals surface area contributed by atoms with E-state index < -0.39 is 12.0 Å². The van der Waals surface area contributed by atoms with Crippen LogP contribution in [0.5, 0.6) is 5.75 Å². The second-order valence-electron chi connectivity index (χ2n) is 5.66. The first-order valence-corrected chi connectivity index (χ1v) is 6.81. The quantitative estimate of drug-likeness (QED) is 0.459. The van der Waals surface area contributed by atoms with E-state index in [1.54, 1.807) is 0 Å². The minimum atomic E-state index is -0.806. The smallest absolute Gasteiger partial charge is 0.326 e. The van der Waals surface area contributed by atoms with Gasteiger partial charge in [0.2, 0.25) is 0 Å². The van der Waals surface area contributed by atoms with E-state index in [0.29, 0.717) is 6.42 Å². The van der Waals surface area contributed by atoms with Gasteiger partial charge in [0.25, 0.3) is 0 Å². The normalized spacial score (nSPS) is 12.6. The molecule has 0 saturated heterocycles. The zero-order valence-electron chi connectivity index (χ0n) is 12.8. The van der Waals surface area contributed by atoms with E-state index in [1.165, 1.54) is 6.08 Å². The number of esters is 1. The fraction of sp³-hybridized carbons (Fsp3) is 0.438. The third-order valence-corrected chi connectivity index (χ3v) is 2.57. The molecule has 116 valence electrons. The van der Waals surface area contributed by atoms with Crippen LogP contribution < -0.4 is 10.2 Å². The van der Waals surface area contributed by atoms with Crippen molar-refractivity contribution in [2.24, 2.45) is 0 Å². The summed E-state index contributed by atoms with van der Waals surface area (Å²) in [5, 5.41) is 9.06. The second-order valence-corrected chi connectivity index (χ2v) is 5.66. The zero-order valence-corrected chi connectivity index (χ0v) is 12.8. The van der Waals surface area contributed by atoms with Crippen LogP contribution in [0.15, 0.2) is 36.9 Å². The van der Waals surface area contributed by atoms with Gasteiger partial charge >= 0.3 is 5.97 Å². The molecule has 1 aromatic carbocycles. The predicted octanol–water partition coefficient (Wildman–Crippen LogP) is 2.48. The minimum absolute atomic E-state index is 0.120. The fourth-order valence-electron chi connectivity index (χ4n) is 1.71. The number of benzene rings is 1. The SMILES string of the molecule is C=CCOC(=O)[C@H](Cc1ccc(OC(C)(C)C)cc1)NO. The van der Waals surface area contributed by atoms with Crippen LogP contribution in [0.4, 0.5) is 0 Å². The Labute approximate surface area is 125 Å². The van der Waals surface area contributed by atoms with Crippen molar-refractivity contribution >= 4 is 5.97 Å². The lowest BCUT2D eigenvalue weighted by atomic mass is 10.1. The van der Waals surface area contributed by atoms with Gasteiger partial charge in [0.1, 0.15) is 24.0 Å². The maximum atomic E-state index is 11.7. The molecule has 1 atom stereocenters. The van der Waals surface area contributed by atoms with Crippen LogP contribution in [-0.2, 0) is 16.0 Å². The molecule has 0 bridgehead atoms. The van der Waals surface area contributed by atoms with Gasteiger partial charge in [0.15, 0.2) is 0 Å². The minimum Gasteiger partial charge on any atom is -0.488 e. The van der Waals surface area contributed by atoms with E-state index in [0.717, 1.165) is 11.3 Å². The third kappa shape index (κ3) is 6.42. The zero-order chi connectivity index (χ0) is 15.9. The highest BCUT2D eigenvalue weighted by Crippen LogP contribution is 2.19. The Morgan fingerprint density at radius 3 is 2.48 bits per heavy atom. The highest BCUT2D eigenvalue weighted by atomic mass is 16.5. The van der Waals surface area contributed by atoms with Crippen molar-refractivity contribution in [1.82, 2.24) is 5.48 Å². The van der Waals surface area contributed by atoms with E-state index in [9.17, 15) is 4.79 Å². The summed E-state index contributed by atoms with van der Waals surface area (Å²) in [4.78, 5) is 11.7. The molecule has 0 aliphatic heterocycles. The molecule has 1 rings (SSSR count). The summed E-state index contributed by atoms with van der Waals surface area (Å²) >= 11 is 0. The Hall–Kier alpha value is -1.85. The first-order valence-electron chi connectivity index (χ1n) is 6.81. The Morgan fingerprint density at radius 1 is 1.38 bits per heavy atom. The van der Waals surface area contributed by atoms with E-state index in [2.05, 4.69) is 6.58 Å². The highest BCUT2D eigenvalue weighted by Gasteiger charge is 2.19. The molecule has 5 nitrogen and oxygen atoms in total. The third-order valence-electron chi connectivity index (χ3n) is 2.57. The standard InChI is InChI=1S/C16H23NO4/c1-5-10-20-15(18)14(17-19)11-12-6-8-13(9-7-12)21-16(2,3)4/h5-9,14,17,19H,1,10-11H2,2-4H3/t14-/m0/s1. The van der Waals surface area contributed by atoms with Crippen molar-refractivity contribution in [3.63, 3.8) is 0 Å². The highest BCUT2D eigenvalue weighted by molar-refractivity contribution is 5.76. The average molecular weight is 293 g/mol. The molecule has 0 radical (unpaired) electrons. The summed E-state index contributed by atoms with van der Waals surface area (Å²) in [6.07, 6.45) is 1.80. The van der Waals surface area contributed by atoms with Crippen LogP contribution >= 0.6 is 0 Å². The molecule has 5 heteroatoms. The Bertz CT molecular complexity index is 462. The van der Waals surface area contributed by atoms with Crippen molar-refractivity contribution in [3.05, 3.63) is 42.5 Å². The number of carbonyl (C=O) groups is 1. The van der Waals surface area contributed by atoms with Gasteiger partial charge in [-0.15, -0.1) is 0 Å². The van der Waals surface area contributed by atoms with E-state index in [4.69, 9.17) is 14.7 Å². The van der Waals surface area contributed by atoms with Gasteiger partial charge in [0.05, 0.1) is 0 Å². The Morgan fingerprint density at radius 2 is 2.00 bits per heavy atom. The topological polar surface area (TPSA) is 67.8 Å². The van der Waals surface area contributed by atoms with Crippen molar-refractivity contribution < 1.29 is 19.5 Å². The molecule has 0 amide bonds. The summed E-state index contributed by atoms with van der Waals surface area (Å²) in [5.41, 5.74) is 2.60. The number of ether oxygens (including phenoxy) is 2. The van der Waals surface area contributed by atoms with Crippen molar-refractivity contribution in [2.75, 3.05) is 6.61 Å². The molecule has 0 heterocycles. The molecule has 0 spiro atoms. The van der Waals surface area contributed by atoms with E-state index in [-0.39, 0.29) is 12.2 Å². The van der Waals surface area contributed by atoms with Crippen LogP contribution in [0.1, 0.15) is 26.3 Å². The number of carbonyl (C=O) groups excluding carboxylic acids is 1. The molecular formula is C16H23NO4. The number of rotatable bonds is 7. The second kappa shape index (κ2) is 7.81. The first-order chi connectivity index (χ1) is 9.85. The van der Waals surface area contributed by atoms with Gasteiger partial charge < -0.3 is 14.7 Å². The summed E-state index contributed by atoms with van der Waals surface area (Å²) in [6.45, 7) is 9.51. The van der Waals surface area contributed by atoms with Crippen LogP contribution in [0.25, 0.3) is 0 Å². The molecule has 0 unspecified atom stereocenters. The fourth-order valence-corrected chi connectivity index (χ4v) is 1.71. The Kier molecular flexibility index (Phi) is 6.39. The van der Waals surface area contributed by atoms with Crippen molar-refractivity contribution in [1.29, 1.82) is 0 Å². The van der Waals surface area contributed by atoms with E-state index >= 15 is 0 Å². The number of hydroxylamine groups is 1. The monoisotopic (exact) mass is 293 g/mol. The summed E-state index contributed by atoms with van der Waals surface area (Å²) in [6, 6.07) is 6.58. The van der Waals surface area contributed by atoms with E-state index in [1.807, 2.05) is 50.5 Å². The summed E-state index contributed by atoms with van der Waals surface area (Å²) in [7, 11) is 0. The van der Waals surface area contributed by atoms with Crippen LogP contribution in [0.2, 0.25) is 0 Å². The molecule has 0 aliphatic carbocycles. The van der Waals surface area contributed by atoms with Crippen molar-refractivity contribution in [2.45, 2.75) is 38.8 Å². The maximum Gasteiger partial charge on any atom is 0.326 e. The Balaban J connectivity index is 2.64. The molecule has 21 heavy (non-hydrogen) atoms. The molecule has 0 aromatic heterocycles. The number of hydrogen-bond donors (Lipinski definition) is 2. The first kappa shape index (κ1) is 17.2. The number of nitrogens with one attached hydrogen (secondary N) is 1. The molecule has 2 N–H and O–H groups in total. The molecule has 1 aromatic rings. The van der Waals surface area contributed by atoms with Gasteiger partial charge in [0, 0.05) is 6.42 Å². The van der Waals surface area contributed by atoms with Crippen LogP contribution in [0, 0.1) is 0 Å². The molecule has 0 aliphatic rings. The van der Waals surface area contributed by atoms with Crippen LogP contribution in [-0.4, -0.2) is 29.4 Å².